The first-order valence-electron chi connectivity index (χ1n) is 7.94. The largest absolute Gasteiger partial charge is 0.493 e. The smallest absolute Gasteiger partial charge is 0.161 e. The van der Waals surface area contributed by atoms with Gasteiger partial charge in [-0.3, -0.25) is 4.68 Å². The van der Waals surface area contributed by atoms with Gasteiger partial charge in [-0.05, 0) is 35.9 Å². The Morgan fingerprint density at radius 3 is 2.60 bits per heavy atom. The predicted octanol–water partition coefficient (Wildman–Crippen LogP) is 3.89. The fourth-order valence-electron chi connectivity index (χ4n) is 3.35. The number of nitrogens with zero attached hydrogens (tertiary/aromatic N) is 2. The number of anilines is 2. The van der Waals surface area contributed by atoms with Gasteiger partial charge in [-0.2, -0.15) is 5.10 Å². The molecule has 1 aromatic heterocycles. The lowest BCUT2D eigenvalue weighted by atomic mass is 10.1. The van der Waals surface area contributed by atoms with Crippen LogP contribution < -0.4 is 14.8 Å². The maximum atomic E-state index is 13.4. The number of benzene rings is 2. The van der Waals surface area contributed by atoms with Crippen LogP contribution in [0.5, 0.6) is 11.5 Å². The molecule has 0 amide bonds. The molecule has 6 heteroatoms. The van der Waals surface area contributed by atoms with Crippen LogP contribution in [0.25, 0.3) is 11.3 Å². The van der Waals surface area contributed by atoms with Gasteiger partial charge in [-0.15, -0.1) is 0 Å². The average molecular weight is 339 g/mol. The molecule has 0 spiro atoms. The van der Waals surface area contributed by atoms with Crippen LogP contribution in [0, 0.1) is 5.82 Å². The second-order valence-corrected chi connectivity index (χ2v) is 5.98. The van der Waals surface area contributed by atoms with Crippen LogP contribution in [0.2, 0.25) is 0 Å². The number of nitrogens with one attached hydrogen (secondary N) is 1. The summed E-state index contributed by atoms with van der Waals surface area (Å²) in [6.07, 6.45) is 0.733. The van der Waals surface area contributed by atoms with Crippen LogP contribution in [-0.2, 0) is 13.5 Å². The summed E-state index contributed by atoms with van der Waals surface area (Å²) in [6, 6.07) is 10.3. The molecule has 0 radical (unpaired) electrons. The molecule has 0 aliphatic heterocycles. The van der Waals surface area contributed by atoms with Crippen molar-refractivity contribution in [2.45, 2.75) is 6.42 Å². The van der Waals surface area contributed by atoms with Gasteiger partial charge in [0.1, 0.15) is 5.82 Å². The third-order valence-corrected chi connectivity index (χ3v) is 4.46. The first-order chi connectivity index (χ1) is 12.1. The number of aryl methyl sites for hydroxylation is 1. The number of rotatable bonds is 4. The highest BCUT2D eigenvalue weighted by Crippen LogP contribution is 2.45. The summed E-state index contributed by atoms with van der Waals surface area (Å²) >= 11 is 0. The number of halogens is 1. The quantitative estimate of drug-likeness (QED) is 0.613. The highest BCUT2D eigenvalue weighted by molar-refractivity contribution is 5.82. The Hall–Kier alpha value is -3.02. The second kappa shape index (κ2) is 5.81. The summed E-state index contributed by atoms with van der Waals surface area (Å²) < 4.78 is 26.1. The third-order valence-electron chi connectivity index (χ3n) is 4.46. The molecule has 0 unspecified atom stereocenters. The molecule has 0 saturated carbocycles. The first kappa shape index (κ1) is 15.5. The van der Waals surface area contributed by atoms with Gasteiger partial charge in [0, 0.05) is 30.3 Å². The van der Waals surface area contributed by atoms with E-state index >= 15 is 0 Å². The summed E-state index contributed by atoms with van der Waals surface area (Å²) in [5.41, 5.74) is 5.02. The van der Waals surface area contributed by atoms with Gasteiger partial charge in [0.15, 0.2) is 17.3 Å². The van der Waals surface area contributed by atoms with Crippen LogP contribution in [0.4, 0.5) is 15.9 Å². The van der Waals surface area contributed by atoms with Crippen molar-refractivity contribution in [3.05, 3.63) is 53.3 Å². The van der Waals surface area contributed by atoms with Gasteiger partial charge >= 0.3 is 0 Å². The minimum atomic E-state index is -0.282. The zero-order valence-electron chi connectivity index (χ0n) is 14.3. The Morgan fingerprint density at radius 1 is 1.12 bits per heavy atom. The summed E-state index contributed by atoms with van der Waals surface area (Å²) in [5.74, 6) is 1.85. The molecule has 1 aliphatic carbocycles. The lowest BCUT2D eigenvalue weighted by Gasteiger charge is -2.11. The van der Waals surface area contributed by atoms with Crippen LogP contribution in [0.3, 0.4) is 0 Å². The second-order valence-electron chi connectivity index (χ2n) is 5.98. The minimum Gasteiger partial charge on any atom is -0.493 e. The summed E-state index contributed by atoms with van der Waals surface area (Å²) in [6.45, 7) is 0. The molecule has 1 heterocycles. The Bertz CT molecular complexity index is 966. The topological polar surface area (TPSA) is 48.3 Å². The zero-order chi connectivity index (χ0) is 17.6. The van der Waals surface area contributed by atoms with Crippen molar-refractivity contribution in [1.82, 2.24) is 9.78 Å². The normalized spacial score (nSPS) is 11.8. The molecule has 1 N–H and O–H groups in total. The molecule has 3 aromatic rings. The molecular weight excluding hydrogens is 321 g/mol. The molecule has 0 atom stereocenters. The van der Waals surface area contributed by atoms with E-state index < -0.39 is 0 Å². The molecule has 5 nitrogen and oxygen atoms in total. The molecule has 1 aliphatic rings. The van der Waals surface area contributed by atoms with Crippen molar-refractivity contribution in [2.24, 2.45) is 7.05 Å². The van der Waals surface area contributed by atoms with Crippen LogP contribution >= 0.6 is 0 Å². The van der Waals surface area contributed by atoms with Crippen molar-refractivity contribution >= 4 is 11.5 Å². The number of hydrogen-bond acceptors (Lipinski definition) is 4. The van der Waals surface area contributed by atoms with E-state index in [0.29, 0.717) is 17.2 Å². The molecule has 2 aromatic carbocycles. The molecule has 0 saturated heterocycles. The van der Waals surface area contributed by atoms with E-state index in [2.05, 4.69) is 10.4 Å². The van der Waals surface area contributed by atoms with E-state index in [4.69, 9.17) is 9.47 Å². The van der Waals surface area contributed by atoms with E-state index in [1.165, 1.54) is 12.1 Å². The molecule has 25 heavy (non-hydrogen) atoms. The van der Waals surface area contributed by atoms with Gasteiger partial charge in [0.05, 0.1) is 19.9 Å². The molecular formula is C19H18FN3O2. The van der Waals surface area contributed by atoms with Gasteiger partial charge in [-0.1, -0.05) is 6.07 Å². The number of ether oxygens (including phenoxy) is 2. The van der Waals surface area contributed by atoms with E-state index in [1.54, 1.807) is 20.3 Å². The van der Waals surface area contributed by atoms with Gasteiger partial charge in [-0.25, -0.2) is 4.39 Å². The van der Waals surface area contributed by atoms with Gasteiger partial charge in [0.2, 0.25) is 0 Å². The monoisotopic (exact) mass is 339 g/mol. The Labute approximate surface area is 145 Å². The summed E-state index contributed by atoms with van der Waals surface area (Å²) in [4.78, 5) is 0. The molecule has 4 rings (SSSR count). The maximum Gasteiger partial charge on any atom is 0.161 e. The van der Waals surface area contributed by atoms with Crippen molar-refractivity contribution in [3.63, 3.8) is 0 Å². The minimum absolute atomic E-state index is 0.282. The third kappa shape index (κ3) is 2.50. The predicted molar refractivity (Wildman–Crippen MR) is 94.2 cm³/mol. The SMILES string of the molecule is COc1cc2c(cc1OC)-c1c(c(Nc3cccc(F)c3)nn1C)C2. The first-order valence-corrected chi connectivity index (χ1v) is 7.94. The lowest BCUT2D eigenvalue weighted by molar-refractivity contribution is 0.355. The molecule has 128 valence electrons. The van der Waals surface area contributed by atoms with Crippen molar-refractivity contribution < 1.29 is 13.9 Å². The average Bonchev–Trinajstić information content (AvgIpc) is 3.11. The van der Waals surface area contributed by atoms with Crippen molar-refractivity contribution in [2.75, 3.05) is 19.5 Å². The summed E-state index contributed by atoms with van der Waals surface area (Å²) in [5, 5.41) is 7.79. The van der Waals surface area contributed by atoms with Gasteiger partial charge in [0.25, 0.3) is 0 Å². The highest BCUT2D eigenvalue weighted by Gasteiger charge is 2.28. The fraction of sp³-hybridized carbons (Fsp3) is 0.211. The number of aromatic nitrogens is 2. The Kier molecular flexibility index (Phi) is 3.60. The van der Waals surface area contributed by atoms with Crippen LogP contribution in [0.15, 0.2) is 36.4 Å². The zero-order valence-corrected chi connectivity index (χ0v) is 14.3. The van der Waals surface area contributed by atoms with Crippen LogP contribution in [0.1, 0.15) is 11.1 Å². The maximum absolute atomic E-state index is 13.4. The van der Waals surface area contributed by atoms with Gasteiger partial charge < -0.3 is 14.8 Å². The van der Waals surface area contributed by atoms with E-state index in [0.717, 1.165) is 34.6 Å². The lowest BCUT2D eigenvalue weighted by Crippen LogP contribution is -1.99. The van der Waals surface area contributed by atoms with Crippen molar-refractivity contribution in [1.29, 1.82) is 0 Å². The Morgan fingerprint density at radius 2 is 1.88 bits per heavy atom. The Balaban J connectivity index is 1.77. The van der Waals surface area contributed by atoms with Crippen LogP contribution in [-0.4, -0.2) is 24.0 Å². The van der Waals surface area contributed by atoms with Crippen molar-refractivity contribution in [3.8, 4) is 22.8 Å². The fourth-order valence-corrected chi connectivity index (χ4v) is 3.35. The standard InChI is InChI=1S/C19H18FN3O2/c1-23-18-14-10-17(25-3)16(24-2)8-11(14)7-15(18)19(22-23)21-13-6-4-5-12(20)9-13/h4-6,8-10H,7H2,1-3H3,(H,21,22). The van der Waals surface area contributed by atoms with E-state index in [1.807, 2.05) is 29.9 Å². The number of hydrogen-bond donors (Lipinski definition) is 1. The van der Waals surface area contributed by atoms with E-state index in [9.17, 15) is 4.39 Å². The molecule has 0 fully saturated rings. The summed E-state index contributed by atoms with van der Waals surface area (Å²) in [7, 11) is 5.16. The van der Waals surface area contributed by atoms with E-state index in [-0.39, 0.29) is 5.82 Å². The number of methoxy groups -OCH3 is 2. The number of fused-ring (bicyclic) bond motifs is 3. The highest BCUT2D eigenvalue weighted by atomic mass is 19.1. The molecule has 0 bridgehead atoms.